The molecule has 0 aromatic carbocycles. The second-order valence-corrected chi connectivity index (χ2v) is 6.16. The monoisotopic (exact) mass is 267 g/mol. The average molecular weight is 267 g/mol. The number of nitrogens with zero attached hydrogens (tertiary/aromatic N) is 2. The molecular weight excluding hydrogens is 242 g/mol. The second kappa shape index (κ2) is 6.50. The first-order valence-corrected chi connectivity index (χ1v) is 7.75. The van der Waals surface area contributed by atoms with Crippen LogP contribution in [0.2, 0.25) is 0 Å². The number of H-pyrrole nitrogens is 1. The van der Waals surface area contributed by atoms with Gasteiger partial charge in [0.2, 0.25) is 0 Å². The first-order chi connectivity index (χ1) is 8.70. The van der Waals surface area contributed by atoms with Crippen LogP contribution in [0.25, 0.3) is 0 Å². The first-order valence-electron chi connectivity index (χ1n) is 7.34. The van der Waals surface area contributed by atoms with E-state index in [0.29, 0.717) is 0 Å². The van der Waals surface area contributed by atoms with Crippen LogP contribution < -0.4 is 0 Å². The van der Waals surface area contributed by atoms with Crippen molar-refractivity contribution in [2.24, 2.45) is 11.8 Å². The Bertz CT molecular complexity index is 421. The van der Waals surface area contributed by atoms with E-state index < -0.39 is 0 Å². The molecule has 1 aromatic heterocycles. The van der Waals surface area contributed by atoms with Gasteiger partial charge < -0.3 is 4.57 Å². The minimum atomic E-state index is 0.794. The minimum Gasteiger partial charge on any atom is -0.304 e. The molecule has 1 fully saturated rings. The molecule has 3 nitrogen and oxygen atoms in total. The summed E-state index contributed by atoms with van der Waals surface area (Å²) < 4.78 is 3.00. The van der Waals surface area contributed by atoms with Crippen molar-refractivity contribution in [1.82, 2.24) is 14.8 Å². The number of nitrogens with one attached hydrogen (secondary N) is 1. The van der Waals surface area contributed by atoms with Crippen LogP contribution in [0.4, 0.5) is 0 Å². The SMILES string of the molecule is CCCc1n[nH]c(=S)n1CCC1CCCC(C)C1. The predicted octanol–water partition coefficient (Wildman–Crippen LogP) is 4.11. The zero-order chi connectivity index (χ0) is 13.0. The van der Waals surface area contributed by atoms with Crippen molar-refractivity contribution >= 4 is 12.2 Å². The van der Waals surface area contributed by atoms with Crippen LogP contribution in [-0.2, 0) is 13.0 Å². The Balaban J connectivity index is 1.93. The van der Waals surface area contributed by atoms with Gasteiger partial charge in [0.15, 0.2) is 4.77 Å². The van der Waals surface area contributed by atoms with Crippen LogP contribution >= 0.6 is 12.2 Å². The highest BCUT2D eigenvalue weighted by atomic mass is 32.1. The van der Waals surface area contributed by atoms with Crippen molar-refractivity contribution in [2.45, 2.75) is 65.3 Å². The molecule has 102 valence electrons. The molecular formula is C14H25N3S. The second-order valence-electron chi connectivity index (χ2n) is 5.77. The van der Waals surface area contributed by atoms with Crippen molar-refractivity contribution in [1.29, 1.82) is 0 Å². The van der Waals surface area contributed by atoms with Gasteiger partial charge in [-0.2, -0.15) is 5.10 Å². The smallest absolute Gasteiger partial charge is 0.195 e. The summed E-state index contributed by atoms with van der Waals surface area (Å²) in [5, 5.41) is 7.26. The first kappa shape index (κ1) is 13.8. The van der Waals surface area contributed by atoms with Crippen molar-refractivity contribution in [3.63, 3.8) is 0 Å². The van der Waals surface area contributed by atoms with Gasteiger partial charge in [0, 0.05) is 13.0 Å². The fourth-order valence-electron chi connectivity index (χ4n) is 3.13. The number of hydrogen-bond donors (Lipinski definition) is 1. The van der Waals surface area contributed by atoms with Gasteiger partial charge in [0.25, 0.3) is 0 Å². The maximum Gasteiger partial charge on any atom is 0.195 e. The van der Waals surface area contributed by atoms with E-state index >= 15 is 0 Å². The third kappa shape index (κ3) is 3.44. The van der Waals surface area contributed by atoms with Gasteiger partial charge in [-0.15, -0.1) is 0 Å². The molecule has 1 aromatic rings. The van der Waals surface area contributed by atoms with Crippen LogP contribution in [0.15, 0.2) is 0 Å². The van der Waals surface area contributed by atoms with Crippen LogP contribution in [0.3, 0.4) is 0 Å². The molecule has 0 bridgehead atoms. The van der Waals surface area contributed by atoms with Gasteiger partial charge in [0.1, 0.15) is 5.82 Å². The number of aryl methyl sites for hydroxylation is 1. The Morgan fingerprint density at radius 2 is 2.28 bits per heavy atom. The number of aromatic amines is 1. The molecule has 1 saturated carbocycles. The summed E-state index contributed by atoms with van der Waals surface area (Å²) in [6.07, 6.45) is 9.03. The molecule has 1 aliphatic carbocycles. The lowest BCUT2D eigenvalue weighted by molar-refractivity contribution is 0.260. The van der Waals surface area contributed by atoms with Crippen molar-refractivity contribution in [3.05, 3.63) is 10.6 Å². The molecule has 18 heavy (non-hydrogen) atoms. The number of rotatable bonds is 5. The zero-order valence-corrected chi connectivity index (χ0v) is 12.4. The Morgan fingerprint density at radius 1 is 1.44 bits per heavy atom. The Morgan fingerprint density at radius 3 is 3.00 bits per heavy atom. The van der Waals surface area contributed by atoms with E-state index in [9.17, 15) is 0 Å². The Hall–Kier alpha value is -0.640. The van der Waals surface area contributed by atoms with Crippen LogP contribution in [-0.4, -0.2) is 14.8 Å². The summed E-state index contributed by atoms with van der Waals surface area (Å²) in [6, 6.07) is 0. The maximum absolute atomic E-state index is 5.32. The minimum absolute atomic E-state index is 0.794. The van der Waals surface area contributed by atoms with E-state index in [1.165, 1.54) is 32.1 Å². The summed E-state index contributed by atoms with van der Waals surface area (Å²) in [4.78, 5) is 0. The summed E-state index contributed by atoms with van der Waals surface area (Å²) in [7, 11) is 0. The van der Waals surface area contributed by atoms with Crippen molar-refractivity contribution in [2.75, 3.05) is 0 Å². The molecule has 2 unspecified atom stereocenters. The average Bonchev–Trinajstić information content (AvgIpc) is 2.69. The normalized spacial score (nSPS) is 24.3. The summed E-state index contributed by atoms with van der Waals surface area (Å²) >= 11 is 5.32. The lowest BCUT2D eigenvalue weighted by Crippen LogP contribution is -2.16. The molecule has 0 amide bonds. The molecule has 0 saturated heterocycles. The quantitative estimate of drug-likeness (QED) is 0.815. The third-order valence-corrected chi connectivity index (χ3v) is 4.43. The highest BCUT2D eigenvalue weighted by Gasteiger charge is 2.19. The molecule has 2 atom stereocenters. The van der Waals surface area contributed by atoms with E-state index in [2.05, 4.69) is 28.6 Å². The fourth-order valence-corrected chi connectivity index (χ4v) is 3.37. The highest BCUT2D eigenvalue weighted by Crippen LogP contribution is 2.31. The molecule has 1 aliphatic rings. The van der Waals surface area contributed by atoms with E-state index in [4.69, 9.17) is 12.2 Å². The van der Waals surface area contributed by atoms with E-state index in [-0.39, 0.29) is 0 Å². The summed E-state index contributed by atoms with van der Waals surface area (Å²) in [5.74, 6) is 2.93. The molecule has 0 aliphatic heterocycles. The molecule has 4 heteroatoms. The van der Waals surface area contributed by atoms with Crippen molar-refractivity contribution in [3.8, 4) is 0 Å². The Kier molecular flexibility index (Phi) is 4.98. The van der Waals surface area contributed by atoms with Gasteiger partial charge in [-0.05, 0) is 43.3 Å². The highest BCUT2D eigenvalue weighted by molar-refractivity contribution is 7.71. The standard InChI is InChI=1S/C14H25N3S/c1-3-5-13-15-16-14(18)17(13)9-8-12-7-4-6-11(2)10-12/h11-12H,3-10H2,1-2H3,(H,16,18). The number of hydrogen-bond acceptors (Lipinski definition) is 2. The summed E-state index contributed by atoms with van der Waals surface area (Å²) in [6.45, 7) is 5.62. The zero-order valence-electron chi connectivity index (χ0n) is 11.6. The number of aromatic nitrogens is 3. The van der Waals surface area contributed by atoms with Gasteiger partial charge in [0.05, 0.1) is 0 Å². The fraction of sp³-hybridized carbons (Fsp3) is 0.857. The van der Waals surface area contributed by atoms with Crippen LogP contribution in [0.5, 0.6) is 0 Å². The van der Waals surface area contributed by atoms with Crippen LogP contribution in [0, 0.1) is 16.6 Å². The molecule has 2 rings (SSSR count). The molecule has 0 radical (unpaired) electrons. The van der Waals surface area contributed by atoms with Crippen molar-refractivity contribution < 1.29 is 0 Å². The maximum atomic E-state index is 5.32. The van der Waals surface area contributed by atoms with Gasteiger partial charge in [-0.25, -0.2) is 0 Å². The Labute approximate surface area is 115 Å². The third-order valence-electron chi connectivity index (χ3n) is 4.12. The molecule has 1 N–H and O–H groups in total. The van der Waals surface area contributed by atoms with Gasteiger partial charge >= 0.3 is 0 Å². The van der Waals surface area contributed by atoms with E-state index in [1.54, 1.807) is 0 Å². The van der Waals surface area contributed by atoms with E-state index in [1.807, 2.05) is 0 Å². The lowest BCUT2D eigenvalue weighted by atomic mass is 9.81. The summed E-state index contributed by atoms with van der Waals surface area (Å²) in [5.41, 5.74) is 0. The lowest BCUT2D eigenvalue weighted by Gasteiger charge is -2.26. The topological polar surface area (TPSA) is 33.6 Å². The predicted molar refractivity (Wildman–Crippen MR) is 77.1 cm³/mol. The van der Waals surface area contributed by atoms with Gasteiger partial charge in [-0.3, -0.25) is 5.10 Å². The molecule has 0 spiro atoms. The van der Waals surface area contributed by atoms with Crippen LogP contribution in [0.1, 0.15) is 58.2 Å². The van der Waals surface area contributed by atoms with Gasteiger partial charge in [-0.1, -0.05) is 33.1 Å². The largest absolute Gasteiger partial charge is 0.304 e. The van der Waals surface area contributed by atoms with E-state index in [0.717, 1.165) is 41.8 Å². The molecule has 1 heterocycles.